The molecule has 0 unspecified atom stereocenters. The minimum Gasteiger partial charge on any atom is -0.367 e. The van der Waals surface area contributed by atoms with Crippen LogP contribution in [0.15, 0.2) is 29.5 Å². The van der Waals surface area contributed by atoms with Crippen molar-refractivity contribution >= 4 is 17.2 Å². The number of ether oxygens (including phenoxy) is 1. The number of rotatable bonds is 2. The maximum Gasteiger partial charge on any atom is 0.273 e. The molecule has 7 heteroatoms. The molecule has 2 aromatic heterocycles. The van der Waals surface area contributed by atoms with E-state index in [9.17, 15) is 4.79 Å². The largest absolute Gasteiger partial charge is 0.367 e. The van der Waals surface area contributed by atoms with E-state index in [0.29, 0.717) is 18.2 Å². The highest BCUT2D eigenvalue weighted by Gasteiger charge is 2.41. The SMILES string of the molecule is O=C(c1cscn1)N1CC[C@@H]2C[C@H](c3ccncn3)O[C@H]2C1. The fourth-order valence-corrected chi connectivity index (χ4v) is 3.80. The van der Waals surface area contributed by atoms with E-state index >= 15 is 0 Å². The van der Waals surface area contributed by atoms with Crippen molar-refractivity contribution in [3.8, 4) is 0 Å². The van der Waals surface area contributed by atoms with E-state index in [2.05, 4.69) is 15.0 Å². The number of thiazole rings is 1. The molecule has 1 amide bonds. The molecule has 22 heavy (non-hydrogen) atoms. The standard InChI is InChI=1S/C15H16N4O2S/c20-15(12-7-22-9-18-12)19-4-2-10-5-13(21-14(10)6-19)11-1-3-16-8-17-11/h1,3,7-10,13-14H,2,4-6H2/t10-,13-,14+/m1/s1. The van der Waals surface area contributed by atoms with Crippen LogP contribution in [0.5, 0.6) is 0 Å². The van der Waals surface area contributed by atoms with Crippen LogP contribution < -0.4 is 0 Å². The first kappa shape index (κ1) is 13.8. The van der Waals surface area contributed by atoms with Gasteiger partial charge >= 0.3 is 0 Å². The Labute approximate surface area is 132 Å². The third-order valence-corrected chi connectivity index (χ3v) is 5.01. The maximum absolute atomic E-state index is 12.4. The monoisotopic (exact) mass is 316 g/mol. The molecule has 2 saturated heterocycles. The first-order valence-corrected chi connectivity index (χ1v) is 8.34. The van der Waals surface area contributed by atoms with Gasteiger partial charge in [-0.05, 0) is 24.8 Å². The number of carbonyl (C=O) groups excluding carboxylic acids is 1. The zero-order chi connectivity index (χ0) is 14.9. The summed E-state index contributed by atoms with van der Waals surface area (Å²) in [4.78, 5) is 26.6. The number of likely N-dealkylation sites (tertiary alicyclic amines) is 1. The van der Waals surface area contributed by atoms with Crippen molar-refractivity contribution in [1.82, 2.24) is 19.9 Å². The van der Waals surface area contributed by atoms with Crippen molar-refractivity contribution in [3.63, 3.8) is 0 Å². The van der Waals surface area contributed by atoms with Crippen molar-refractivity contribution in [2.75, 3.05) is 13.1 Å². The normalized spacial score (nSPS) is 27.6. The Balaban J connectivity index is 1.45. The van der Waals surface area contributed by atoms with Crippen molar-refractivity contribution in [3.05, 3.63) is 40.9 Å². The third kappa shape index (κ3) is 2.50. The Bertz CT molecular complexity index is 649. The summed E-state index contributed by atoms with van der Waals surface area (Å²) in [6.07, 6.45) is 5.36. The molecule has 4 rings (SSSR count). The molecule has 0 aromatic carbocycles. The zero-order valence-corrected chi connectivity index (χ0v) is 12.8. The average molecular weight is 316 g/mol. The number of amides is 1. The second-order valence-corrected chi connectivity index (χ2v) is 6.43. The van der Waals surface area contributed by atoms with Crippen molar-refractivity contribution in [2.45, 2.75) is 25.0 Å². The Morgan fingerprint density at radius 1 is 1.41 bits per heavy atom. The predicted octanol–water partition coefficient (Wildman–Crippen LogP) is 1.93. The molecule has 0 bridgehead atoms. The predicted molar refractivity (Wildman–Crippen MR) is 80.4 cm³/mol. The summed E-state index contributed by atoms with van der Waals surface area (Å²) in [6, 6.07) is 1.90. The third-order valence-electron chi connectivity index (χ3n) is 4.43. The summed E-state index contributed by atoms with van der Waals surface area (Å²) in [7, 11) is 0. The van der Waals surface area contributed by atoms with Crippen LogP contribution in [-0.2, 0) is 4.74 Å². The lowest BCUT2D eigenvalue weighted by atomic mass is 9.91. The van der Waals surface area contributed by atoms with Gasteiger partial charge in [0.1, 0.15) is 18.1 Å². The number of piperidine rings is 1. The van der Waals surface area contributed by atoms with E-state index in [-0.39, 0.29) is 18.1 Å². The van der Waals surface area contributed by atoms with Crippen LogP contribution >= 0.6 is 11.3 Å². The zero-order valence-electron chi connectivity index (χ0n) is 12.0. The van der Waals surface area contributed by atoms with Crippen LogP contribution in [0.1, 0.15) is 35.1 Å². The van der Waals surface area contributed by atoms with Gasteiger partial charge < -0.3 is 9.64 Å². The number of aromatic nitrogens is 3. The van der Waals surface area contributed by atoms with Crippen molar-refractivity contribution in [1.29, 1.82) is 0 Å². The van der Waals surface area contributed by atoms with Gasteiger partial charge in [0.15, 0.2) is 0 Å². The first-order valence-electron chi connectivity index (χ1n) is 7.40. The number of carbonyl (C=O) groups is 1. The lowest BCUT2D eigenvalue weighted by Gasteiger charge is -2.33. The molecule has 0 radical (unpaired) electrons. The van der Waals surface area contributed by atoms with E-state index < -0.39 is 0 Å². The Morgan fingerprint density at radius 3 is 3.14 bits per heavy atom. The molecule has 114 valence electrons. The minimum atomic E-state index is 0.00814. The van der Waals surface area contributed by atoms with E-state index in [0.717, 1.165) is 25.1 Å². The Hall–Kier alpha value is -1.86. The second-order valence-electron chi connectivity index (χ2n) is 5.71. The van der Waals surface area contributed by atoms with Crippen LogP contribution in [0.4, 0.5) is 0 Å². The van der Waals surface area contributed by atoms with E-state index in [1.807, 2.05) is 11.0 Å². The van der Waals surface area contributed by atoms with E-state index in [4.69, 9.17) is 4.74 Å². The lowest BCUT2D eigenvalue weighted by Crippen LogP contribution is -2.45. The number of nitrogens with zero attached hydrogens (tertiary/aromatic N) is 4. The fraction of sp³-hybridized carbons (Fsp3) is 0.467. The summed E-state index contributed by atoms with van der Waals surface area (Å²) < 4.78 is 6.15. The van der Waals surface area contributed by atoms with Crippen molar-refractivity contribution < 1.29 is 9.53 Å². The van der Waals surface area contributed by atoms with Gasteiger partial charge in [0, 0.05) is 24.7 Å². The Kier molecular flexibility index (Phi) is 3.59. The average Bonchev–Trinajstić information content (AvgIpc) is 3.23. The molecular weight excluding hydrogens is 300 g/mol. The van der Waals surface area contributed by atoms with Crippen LogP contribution in [0, 0.1) is 5.92 Å². The molecular formula is C15H16N4O2S. The molecule has 0 spiro atoms. The van der Waals surface area contributed by atoms with Crippen LogP contribution in [0.3, 0.4) is 0 Å². The van der Waals surface area contributed by atoms with Gasteiger partial charge in [0.05, 0.1) is 17.3 Å². The Morgan fingerprint density at radius 2 is 2.36 bits per heavy atom. The summed E-state index contributed by atoms with van der Waals surface area (Å²) >= 11 is 1.44. The highest BCUT2D eigenvalue weighted by atomic mass is 32.1. The summed E-state index contributed by atoms with van der Waals surface area (Å²) in [5.74, 6) is 0.508. The molecule has 4 heterocycles. The quantitative estimate of drug-likeness (QED) is 0.847. The molecule has 3 atom stereocenters. The molecule has 2 aliphatic heterocycles. The van der Waals surface area contributed by atoms with Crippen LogP contribution in [0.25, 0.3) is 0 Å². The summed E-state index contributed by atoms with van der Waals surface area (Å²) in [6.45, 7) is 1.42. The molecule has 0 N–H and O–H groups in total. The summed E-state index contributed by atoms with van der Waals surface area (Å²) in [5.41, 5.74) is 3.16. The molecule has 2 aliphatic rings. The summed E-state index contributed by atoms with van der Waals surface area (Å²) in [5, 5.41) is 1.80. The van der Waals surface area contributed by atoms with Gasteiger partial charge in [-0.1, -0.05) is 0 Å². The molecule has 2 fully saturated rings. The molecule has 0 aliphatic carbocycles. The molecule has 2 aromatic rings. The van der Waals surface area contributed by atoms with Crippen LogP contribution in [-0.4, -0.2) is 45.0 Å². The highest BCUT2D eigenvalue weighted by molar-refractivity contribution is 7.07. The highest BCUT2D eigenvalue weighted by Crippen LogP contribution is 2.40. The molecule has 0 saturated carbocycles. The fourth-order valence-electron chi connectivity index (χ4n) is 3.28. The molecule has 6 nitrogen and oxygen atoms in total. The van der Waals surface area contributed by atoms with Gasteiger partial charge in [-0.15, -0.1) is 11.3 Å². The van der Waals surface area contributed by atoms with Gasteiger partial charge in [-0.3, -0.25) is 4.79 Å². The lowest BCUT2D eigenvalue weighted by molar-refractivity contribution is -0.00578. The van der Waals surface area contributed by atoms with Crippen LogP contribution in [0.2, 0.25) is 0 Å². The van der Waals surface area contributed by atoms with E-state index in [1.165, 1.54) is 11.3 Å². The minimum absolute atomic E-state index is 0.00814. The number of hydrogen-bond donors (Lipinski definition) is 0. The van der Waals surface area contributed by atoms with Crippen molar-refractivity contribution in [2.24, 2.45) is 5.92 Å². The topological polar surface area (TPSA) is 68.2 Å². The smallest absolute Gasteiger partial charge is 0.273 e. The maximum atomic E-state index is 12.4. The van der Waals surface area contributed by atoms with E-state index in [1.54, 1.807) is 23.4 Å². The van der Waals surface area contributed by atoms with Gasteiger partial charge in [0.2, 0.25) is 0 Å². The van der Waals surface area contributed by atoms with Gasteiger partial charge in [-0.25, -0.2) is 15.0 Å². The first-order chi connectivity index (χ1) is 10.8. The van der Waals surface area contributed by atoms with Gasteiger partial charge in [-0.2, -0.15) is 0 Å². The van der Waals surface area contributed by atoms with Gasteiger partial charge in [0.25, 0.3) is 5.91 Å². The second kappa shape index (κ2) is 5.73. The number of hydrogen-bond acceptors (Lipinski definition) is 6. The number of fused-ring (bicyclic) bond motifs is 1.